The molecule has 0 aliphatic heterocycles. The van der Waals surface area contributed by atoms with Gasteiger partial charge in [-0.2, -0.15) is 4.58 Å². The van der Waals surface area contributed by atoms with Gasteiger partial charge in [-0.05, 0) is 0 Å². The summed E-state index contributed by atoms with van der Waals surface area (Å²) in [4.78, 5) is 37.6. The highest BCUT2D eigenvalue weighted by molar-refractivity contribution is 6.19. The van der Waals surface area contributed by atoms with Crippen molar-refractivity contribution in [3.63, 3.8) is 0 Å². The third kappa shape index (κ3) is 3.43. The normalized spacial score (nSPS) is 11.7. The number of Topliss-reactive ketones (excluding diaryl/α,β-unsaturated/α-hetero) is 1. The molecule has 0 saturated heterocycles. The summed E-state index contributed by atoms with van der Waals surface area (Å²) in [5, 5.41) is 10.2. The minimum Gasteiger partial charge on any atom is -0.502 e. The molecule has 0 aromatic heterocycles. The molecule has 0 spiro atoms. The number of allylic oxidation sites excluding steroid dienone is 1. The van der Waals surface area contributed by atoms with Crippen LogP contribution in [-0.4, -0.2) is 17.9 Å². The van der Waals surface area contributed by atoms with Gasteiger partial charge in [0.15, 0.2) is 0 Å². The predicted molar refractivity (Wildman–Crippen MR) is 116 cm³/mol. The Morgan fingerprint density at radius 3 is 1.68 bits per heavy atom. The lowest BCUT2D eigenvalue weighted by atomic mass is 10.1. The van der Waals surface area contributed by atoms with E-state index in [0.717, 1.165) is 4.58 Å². The molecule has 146 valence electrons. The molecule has 1 N–H and O–H groups in total. The van der Waals surface area contributed by atoms with Gasteiger partial charge in [0, 0.05) is 22.3 Å². The lowest BCUT2D eigenvalue weighted by Crippen LogP contribution is -2.45. The Balaban J connectivity index is 0.000000921. The number of rotatable bonds is 3. The van der Waals surface area contributed by atoms with E-state index < -0.39 is 16.6 Å². The second-order valence-corrected chi connectivity index (χ2v) is 5.37. The Labute approximate surface area is 164 Å². The predicted octanol–water partition coefficient (Wildman–Crippen LogP) is 3.15. The largest absolute Gasteiger partial charge is 0.502 e. The number of nitrogens with zero attached hydrogens (tertiary/aromatic N) is 1. The van der Waals surface area contributed by atoms with Crippen molar-refractivity contribution in [2.45, 2.75) is 27.7 Å². The molecule has 2 aromatic carbocycles. The molecule has 1 aliphatic carbocycles. The maximum atomic E-state index is 12.6. The van der Waals surface area contributed by atoms with Crippen LogP contribution in [0.4, 0.5) is 0 Å². The van der Waals surface area contributed by atoms with E-state index in [2.05, 4.69) is 13.2 Å². The van der Waals surface area contributed by atoms with Crippen LogP contribution in [0, 0.1) is 0 Å². The maximum absolute atomic E-state index is 12.6. The van der Waals surface area contributed by atoms with Crippen LogP contribution in [0.5, 0.6) is 0 Å². The third-order valence-electron chi connectivity index (χ3n) is 4.15. The first-order valence-corrected chi connectivity index (χ1v) is 9.20. The number of hydrogen-bond acceptors (Lipinski definition) is 4. The molecule has 0 saturated carbocycles. The van der Waals surface area contributed by atoms with Gasteiger partial charge in [0.05, 0.1) is 0 Å². The summed E-state index contributed by atoms with van der Waals surface area (Å²) < 4.78 is 1.16. The average molecular weight is 380 g/mol. The molecule has 0 radical (unpaired) electrons. The standard InChI is InChI=1S/C19H13NO4.2C2H6/c1-4-10-11(5-2)17(22)14(16(10)21)20(3)15-18(23)12-8-6-7-9-13(12)19(15)24;2*1-2/h4-9H,1-2H2,3H3;2*1-2H3/p+1. The molecular weight excluding hydrogens is 354 g/mol. The van der Waals surface area contributed by atoms with Gasteiger partial charge in [-0.15, -0.1) is 0 Å². The molecule has 0 bridgehead atoms. The van der Waals surface area contributed by atoms with E-state index in [4.69, 9.17) is 0 Å². The number of carbonyl (C=O) groups is 1. The van der Waals surface area contributed by atoms with E-state index in [1.54, 1.807) is 24.3 Å². The Kier molecular flexibility index (Phi) is 7.75. The number of benzene rings is 1. The number of aliphatic hydroxyl groups is 1. The summed E-state index contributed by atoms with van der Waals surface area (Å²) >= 11 is 0. The first kappa shape index (κ1) is 22.7. The fourth-order valence-corrected chi connectivity index (χ4v) is 2.99. The zero-order chi connectivity index (χ0) is 21.6. The number of fused-ring (bicyclic) bond motifs is 1. The zero-order valence-corrected chi connectivity index (χ0v) is 17.0. The van der Waals surface area contributed by atoms with Crippen molar-refractivity contribution < 1.29 is 9.90 Å². The summed E-state index contributed by atoms with van der Waals surface area (Å²) in [7, 11) is 1.41. The van der Waals surface area contributed by atoms with Crippen molar-refractivity contribution in [2.24, 2.45) is 0 Å². The van der Waals surface area contributed by atoms with Gasteiger partial charge in [-0.1, -0.05) is 77.3 Å². The van der Waals surface area contributed by atoms with E-state index in [1.165, 1.54) is 19.2 Å². The third-order valence-corrected chi connectivity index (χ3v) is 4.15. The highest BCUT2D eigenvalue weighted by atomic mass is 16.3. The van der Waals surface area contributed by atoms with Crippen LogP contribution in [0.2, 0.25) is 0 Å². The Hall–Kier alpha value is -3.34. The lowest BCUT2D eigenvalue weighted by molar-refractivity contribution is 0.102. The summed E-state index contributed by atoms with van der Waals surface area (Å²) in [6.45, 7) is 15.1. The molecule has 28 heavy (non-hydrogen) atoms. The molecule has 1 aliphatic rings. The van der Waals surface area contributed by atoms with Crippen molar-refractivity contribution in [2.75, 3.05) is 7.05 Å². The van der Waals surface area contributed by atoms with Crippen LogP contribution in [0.3, 0.4) is 0 Å². The second-order valence-electron chi connectivity index (χ2n) is 5.37. The molecular formula is C23H26NO4+. The fraction of sp³-hybridized carbons (Fsp3) is 0.217. The van der Waals surface area contributed by atoms with Gasteiger partial charge < -0.3 is 5.11 Å². The van der Waals surface area contributed by atoms with E-state index in [-0.39, 0.29) is 27.9 Å². The van der Waals surface area contributed by atoms with E-state index >= 15 is 0 Å². The summed E-state index contributed by atoms with van der Waals surface area (Å²) in [6, 6.07) is 6.56. The van der Waals surface area contributed by atoms with Gasteiger partial charge in [0.2, 0.25) is 5.76 Å². The van der Waals surface area contributed by atoms with Gasteiger partial charge in [0.1, 0.15) is 7.05 Å². The van der Waals surface area contributed by atoms with Crippen molar-refractivity contribution in [1.82, 2.24) is 4.58 Å². The van der Waals surface area contributed by atoms with E-state index in [0.29, 0.717) is 11.1 Å². The monoisotopic (exact) mass is 380 g/mol. The summed E-state index contributed by atoms with van der Waals surface area (Å²) in [5.41, 5.74) is -0.200. The topological polar surface area (TPSA) is 74.5 Å². The van der Waals surface area contributed by atoms with E-state index in [9.17, 15) is 19.5 Å². The van der Waals surface area contributed by atoms with Crippen LogP contribution in [-0.2, 0) is 0 Å². The van der Waals surface area contributed by atoms with Gasteiger partial charge in [0.25, 0.3) is 22.3 Å². The van der Waals surface area contributed by atoms with Crippen LogP contribution in [0.1, 0.15) is 54.7 Å². The SMILES string of the molecule is C=Cc1c(C=C)c(=O)c(=[N+](C)C2=C(O)c3ccccc3C2=O)c1=O.CC.CC. The summed E-state index contributed by atoms with van der Waals surface area (Å²) in [6.07, 6.45) is 2.58. The molecule has 5 nitrogen and oxygen atoms in total. The van der Waals surface area contributed by atoms with Gasteiger partial charge >= 0.3 is 5.36 Å². The van der Waals surface area contributed by atoms with Crippen LogP contribution in [0.15, 0.2) is 52.7 Å². The molecule has 0 unspecified atom stereocenters. The molecule has 0 fully saturated rings. The molecule has 2 aromatic rings. The van der Waals surface area contributed by atoms with Crippen molar-refractivity contribution >= 4 is 23.7 Å². The fourth-order valence-electron chi connectivity index (χ4n) is 2.99. The number of likely N-dealkylation sites (N-methyl/N-ethyl adjacent to an activating group) is 1. The number of aliphatic hydroxyl groups excluding tert-OH is 1. The smallest absolute Gasteiger partial charge is 0.302 e. The van der Waals surface area contributed by atoms with Crippen molar-refractivity contribution in [3.05, 3.63) is 91.2 Å². The Morgan fingerprint density at radius 2 is 1.29 bits per heavy atom. The first-order chi connectivity index (χ1) is 13.4. The maximum Gasteiger partial charge on any atom is 0.302 e. The quantitative estimate of drug-likeness (QED) is 0.830. The van der Waals surface area contributed by atoms with Crippen LogP contribution in [0.25, 0.3) is 17.9 Å². The Bertz CT molecular complexity index is 1070. The zero-order valence-electron chi connectivity index (χ0n) is 17.0. The first-order valence-electron chi connectivity index (χ1n) is 9.20. The summed E-state index contributed by atoms with van der Waals surface area (Å²) in [5.74, 6) is -0.690. The Morgan fingerprint density at radius 1 is 0.857 bits per heavy atom. The highest BCUT2D eigenvalue weighted by Crippen LogP contribution is 2.29. The van der Waals surface area contributed by atoms with E-state index in [1.807, 2.05) is 27.7 Å². The number of hydrogen-bond donors (Lipinski definition) is 1. The molecule has 0 amide bonds. The number of ketones is 1. The minimum absolute atomic E-state index is 0.0957. The lowest BCUT2D eigenvalue weighted by Gasteiger charge is -1.94. The van der Waals surface area contributed by atoms with Crippen LogP contribution < -0.4 is 20.8 Å². The second kappa shape index (κ2) is 9.55. The van der Waals surface area contributed by atoms with Crippen molar-refractivity contribution in [1.29, 1.82) is 0 Å². The highest BCUT2D eigenvalue weighted by Gasteiger charge is 2.38. The molecule has 5 heteroatoms. The molecule has 3 rings (SSSR count). The van der Waals surface area contributed by atoms with Gasteiger partial charge in [-0.3, -0.25) is 14.4 Å². The molecule has 0 heterocycles. The van der Waals surface area contributed by atoms with Crippen molar-refractivity contribution in [3.8, 4) is 0 Å². The minimum atomic E-state index is -0.545. The molecule has 0 atom stereocenters. The van der Waals surface area contributed by atoms with Crippen LogP contribution >= 0.6 is 0 Å². The van der Waals surface area contributed by atoms with Gasteiger partial charge in [-0.25, -0.2) is 0 Å². The average Bonchev–Trinajstić information content (AvgIpc) is 3.14. The number of carbonyl (C=O) groups excluding carboxylic acids is 1.